The van der Waals surface area contributed by atoms with E-state index in [9.17, 15) is 24.3 Å². The van der Waals surface area contributed by atoms with Crippen molar-refractivity contribution in [2.45, 2.75) is 37.6 Å². The first kappa shape index (κ1) is 25.9. The zero-order valence-corrected chi connectivity index (χ0v) is 20.6. The normalized spacial score (nSPS) is 16.1. The van der Waals surface area contributed by atoms with Crippen molar-refractivity contribution < 1.29 is 34.1 Å². The number of ether oxygens (including phenoxy) is 1. The van der Waals surface area contributed by atoms with Crippen molar-refractivity contribution >= 4 is 23.9 Å². The van der Waals surface area contributed by atoms with Crippen LogP contribution in [0.4, 0.5) is 4.79 Å². The molecule has 0 bridgehead atoms. The Morgan fingerprint density at radius 2 is 1.70 bits per heavy atom. The minimum atomic E-state index is -1.11. The van der Waals surface area contributed by atoms with E-state index in [1.54, 1.807) is 0 Å². The maximum atomic E-state index is 13.5. The number of carbonyl (C=O) groups excluding carboxylic acids is 2. The van der Waals surface area contributed by atoms with Gasteiger partial charge in [-0.2, -0.15) is 0 Å². The summed E-state index contributed by atoms with van der Waals surface area (Å²) < 4.78 is 5.61. The van der Waals surface area contributed by atoms with Gasteiger partial charge in [-0.3, -0.25) is 14.4 Å². The lowest BCUT2D eigenvalue weighted by molar-refractivity contribution is -0.138. The van der Waals surface area contributed by atoms with Gasteiger partial charge in [-0.25, -0.2) is 9.78 Å². The van der Waals surface area contributed by atoms with Gasteiger partial charge < -0.3 is 30.1 Å². The van der Waals surface area contributed by atoms with Crippen molar-refractivity contribution in [3.05, 3.63) is 47.7 Å². The van der Waals surface area contributed by atoms with Gasteiger partial charge in [0.15, 0.2) is 11.4 Å². The molecule has 196 valence electrons. The van der Waals surface area contributed by atoms with E-state index in [2.05, 4.69) is 10.3 Å². The van der Waals surface area contributed by atoms with Crippen molar-refractivity contribution in [3.63, 3.8) is 0 Å². The predicted octanol–water partition coefficient (Wildman–Crippen LogP) is 2.42. The van der Waals surface area contributed by atoms with Gasteiger partial charge in [0.25, 0.3) is 5.91 Å². The first-order valence-corrected chi connectivity index (χ1v) is 12.2. The van der Waals surface area contributed by atoms with Crippen LogP contribution in [-0.4, -0.2) is 88.2 Å². The highest BCUT2D eigenvalue weighted by Gasteiger charge is 2.34. The number of benzene rings is 1. The van der Waals surface area contributed by atoms with E-state index < -0.39 is 29.9 Å². The second kappa shape index (κ2) is 11.3. The highest BCUT2D eigenvalue weighted by Crippen LogP contribution is 2.46. The molecule has 11 nitrogen and oxygen atoms in total. The number of amides is 3. The summed E-state index contributed by atoms with van der Waals surface area (Å²) in [5, 5.41) is 21.1. The summed E-state index contributed by atoms with van der Waals surface area (Å²) in [4.78, 5) is 56.5. The molecule has 1 aromatic heterocycles. The summed E-state index contributed by atoms with van der Waals surface area (Å²) in [5.74, 6) is -1.59. The number of nitrogens with zero attached hydrogens (tertiary/aromatic N) is 3. The van der Waals surface area contributed by atoms with Crippen LogP contribution in [0.2, 0.25) is 0 Å². The molecule has 4 rings (SSSR count). The number of carbonyl (C=O) groups is 4. The molecule has 1 atom stereocenters. The van der Waals surface area contributed by atoms with Crippen molar-refractivity contribution in [1.29, 1.82) is 0 Å². The molecule has 1 aliphatic carbocycles. The second-order valence-corrected chi connectivity index (χ2v) is 9.17. The third-order valence-electron chi connectivity index (χ3n) is 6.62. The lowest BCUT2D eigenvalue weighted by Gasteiger charge is -2.35. The van der Waals surface area contributed by atoms with Gasteiger partial charge in [-0.05, 0) is 31.2 Å². The fourth-order valence-electron chi connectivity index (χ4n) is 4.47. The van der Waals surface area contributed by atoms with Crippen LogP contribution in [0.1, 0.15) is 47.7 Å². The van der Waals surface area contributed by atoms with Gasteiger partial charge in [0.1, 0.15) is 6.04 Å². The standard InChI is InChI=1S/C26H30N4O7/c1-37-23-18(16-7-8-16)15-20(17-5-3-2-4-6-17)27-22(23)24(33)28-19(9-10-21(31)32)25(34)29-11-13-30(14-12-29)26(35)36/h2-6,15-16,19H,7-14H2,1H3,(H,28,33)(H,31,32)(H,35,36)/t19-/m0/s1. The Labute approximate surface area is 214 Å². The minimum absolute atomic E-state index is 0.0366. The number of carboxylic acids is 1. The van der Waals surface area contributed by atoms with Crippen LogP contribution >= 0.6 is 0 Å². The van der Waals surface area contributed by atoms with E-state index in [0.29, 0.717) is 11.4 Å². The summed E-state index contributed by atoms with van der Waals surface area (Å²) in [6.07, 6.45) is 0.434. The fraction of sp³-hybridized carbons (Fsp3) is 0.423. The second-order valence-electron chi connectivity index (χ2n) is 9.17. The van der Waals surface area contributed by atoms with Crippen LogP contribution in [-0.2, 0) is 9.59 Å². The third-order valence-corrected chi connectivity index (χ3v) is 6.62. The van der Waals surface area contributed by atoms with Crippen LogP contribution in [0.15, 0.2) is 36.4 Å². The van der Waals surface area contributed by atoms with Gasteiger partial charge >= 0.3 is 12.1 Å². The van der Waals surface area contributed by atoms with Gasteiger partial charge in [0, 0.05) is 43.7 Å². The Hall–Kier alpha value is -4.15. The highest BCUT2D eigenvalue weighted by molar-refractivity contribution is 5.99. The molecule has 2 aromatic rings. The van der Waals surface area contributed by atoms with E-state index in [1.807, 2.05) is 36.4 Å². The number of carboxylic acid groups (broad SMARTS) is 2. The number of nitrogens with one attached hydrogen (secondary N) is 1. The van der Waals surface area contributed by atoms with Crippen LogP contribution in [0, 0.1) is 0 Å². The largest absolute Gasteiger partial charge is 0.494 e. The van der Waals surface area contributed by atoms with Gasteiger partial charge in [0.05, 0.1) is 12.8 Å². The number of hydrogen-bond acceptors (Lipinski definition) is 6. The first-order chi connectivity index (χ1) is 17.8. The average Bonchev–Trinajstić information content (AvgIpc) is 3.75. The lowest BCUT2D eigenvalue weighted by atomic mass is 10.0. The van der Waals surface area contributed by atoms with E-state index in [1.165, 1.54) is 16.9 Å². The molecule has 37 heavy (non-hydrogen) atoms. The molecule has 0 unspecified atom stereocenters. The number of aromatic nitrogens is 1. The first-order valence-electron chi connectivity index (χ1n) is 12.2. The predicted molar refractivity (Wildman–Crippen MR) is 133 cm³/mol. The number of hydrogen-bond donors (Lipinski definition) is 3. The molecule has 11 heteroatoms. The quantitative estimate of drug-likeness (QED) is 0.466. The summed E-state index contributed by atoms with van der Waals surface area (Å²) in [6.45, 7) is 0.586. The number of pyridine rings is 1. The molecule has 1 saturated heterocycles. The van der Waals surface area contributed by atoms with Crippen LogP contribution in [0.25, 0.3) is 11.3 Å². The third kappa shape index (κ3) is 6.16. The molecular formula is C26H30N4O7. The topological polar surface area (TPSA) is 149 Å². The molecule has 2 fully saturated rings. The average molecular weight is 511 g/mol. The number of aliphatic carboxylic acids is 1. The zero-order chi connectivity index (χ0) is 26.5. The van der Waals surface area contributed by atoms with E-state index in [0.717, 1.165) is 24.0 Å². The molecule has 3 N–H and O–H groups in total. The maximum Gasteiger partial charge on any atom is 0.407 e. The molecule has 1 aliphatic heterocycles. The Kier molecular flexibility index (Phi) is 7.90. The molecule has 2 heterocycles. The molecule has 1 saturated carbocycles. The fourth-order valence-corrected chi connectivity index (χ4v) is 4.47. The molecule has 2 aliphatic rings. The highest BCUT2D eigenvalue weighted by atomic mass is 16.5. The Bertz CT molecular complexity index is 1170. The zero-order valence-electron chi connectivity index (χ0n) is 20.6. The number of rotatable bonds is 9. The number of piperazine rings is 1. The van der Waals surface area contributed by atoms with E-state index >= 15 is 0 Å². The Balaban J connectivity index is 1.61. The van der Waals surface area contributed by atoms with Crippen LogP contribution in [0.3, 0.4) is 0 Å². The summed E-state index contributed by atoms with van der Waals surface area (Å²) in [5.41, 5.74) is 2.34. The van der Waals surface area contributed by atoms with Crippen molar-refractivity contribution in [1.82, 2.24) is 20.1 Å². The Morgan fingerprint density at radius 3 is 2.27 bits per heavy atom. The SMILES string of the molecule is COc1c(C2CC2)cc(-c2ccccc2)nc1C(=O)N[C@@H](CCC(=O)O)C(=O)N1CCN(C(=O)O)CC1. The van der Waals surface area contributed by atoms with Crippen LogP contribution < -0.4 is 10.1 Å². The summed E-state index contributed by atoms with van der Waals surface area (Å²) in [7, 11) is 1.47. The van der Waals surface area contributed by atoms with Crippen molar-refractivity contribution in [2.24, 2.45) is 0 Å². The van der Waals surface area contributed by atoms with E-state index in [-0.39, 0.29) is 50.6 Å². The van der Waals surface area contributed by atoms with Gasteiger partial charge in [-0.15, -0.1) is 0 Å². The maximum absolute atomic E-state index is 13.5. The molecule has 1 aromatic carbocycles. The lowest BCUT2D eigenvalue weighted by Crippen LogP contribution is -2.55. The molecule has 0 spiro atoms. The summed E-state index contributed by atoms with van der Waals surface area (Å²) >= 11 is 0. The monoisotopic (exact) mass is 510 g/mol. The van der Waals surface area contributed by atoms with Gasteiger partial charge in [0.2, 0.25) is 5.91 Å². The van der Waals surface area contributed by atoms with Gasteiger partial charge in [-0.1, -0.05) is 30.3 Å². The Morgan fingerprint density at radius 1 is 1.05 bits per heavy atom. The summed E-state index contributed by atoms with van der Waals surface area (Å²) in [6, 6.07) is 10.2. The molecular weight excluding hydrogens is 480 g/mol. The van der Waals surface area contributed by atoms with Crippen molar-refractivity contribution in [3.8, 4) is 17.0 Å². The van der Waals surface area contributed by atoms with E-state index in [4.69, 9.17) is 9.84 Å². The number of methoxy groups -OCH3 is 1. The molecule has 0 radical (unpaired) electrons. The molecule has 3 amide bonds. The van der Waals surface area contributed by atoms with Crippen molar-refractivity contribution in [2.75, 3.05) is 33.3 Å². The minimum Gasteiger partial charge on any atom is -0.494 e. The smallest absolute Gasteiger partial charge is 0.407 e. The van der Waals surface area contributed by atoms with Crippen LogP contribution in [0.5, 0.6) is 5.75 Å².